The third-order valence-corrected chi connectivity index (χ3v) is 5.28. The van der Waals surface area contributed by atoms with Gasteiger partial charge in [-0.2, -0.15) is 0 Å². The standard InChI is InChI=1S/C22H28N6O4/c1-12(2)19(22(31)32)28-21(30)18(7-13-9-25-17-6-4-3-5-15(13)17)27-20(29)16(23)8-14-10-24-11-26-14/h3-6,9-12,16,18-19,25H,7-8,23H2,1-2H3,(H,24,26)(H,27,29)(H,28,30)(H,31,32)/t16-,18-,19-/m0/s1. The van der Waals surface area contributed by atoms with E-state index in [9.17, 15) is 19.5 Å². The zero-order valence-corrected chi connectivity index (χ0v) is 18.0. The van der Waals surface area contributed by atoms with Gasteiger partial charge >= 0.3 is 5.97 Å². The van der Waals surface area contributed by atoms with Gasteiger partial charge in [-0.1, -0.05) is 32.0 Å². The van der Waals surface area contributed by atoms with Gasteiger partial charge in [0.1, 0.15) is 12.1 Å². The van der Waals surface area contributed by atoms with E-state index < -0.39 is 35.9 Å². The molecule has 1 aromatic carbocycles. The van der Waals surface area contributed by atoms with Crippen molar-refractivity contribution in [3.8, 4) is 0 Å². The van der Waals surface area contributed by atoms with E-state index in [1.54, 1.807) is 26.2 Å². The molecule has 3 rings (SSSR count). The van der Waals surface area contributed by atoms with E-state index >= 15 is 0 Å². The maximum Gasteiger partial charge on any atom is 0.326 e. The number of nitrogens with two attached hydrogens (primary N) is 1. The van der Waals surface area contributed by atoms with Gasteiger partial charge in [0.15, 0.2) is 0 Å². The van der Waals surface area contributed by atoms with E-state index in [0.717, 1.165) is 16.5 Å². The Morgan fingerprint density at radius 3 is 2.50 bits per heavy atom. The van der Waals surface area contributed by atoms with Crippen LogP contribution in [-0.2, 0) is 27.2 Å². The van der Waals surface area contributed by atoms with Gasteiger partial charge in [-0.25, -0.2) is 9.78 Å². The lowest BCUT2D eigenvalue weighted by atomic mass is 10.0. The number of carbonyl (C=O) groups is 3. The fourth-order valence-corrected chi connectivity index (χ4v) is 3.50. The average Bonchev–Trinajstić information content (AvgIpc) is 3.40. The predicted molar refractivity (Wildman–Crippen MR) is 119 cm³/mol. The van der Waals surface area contributed by atoms with Crippen LogP contribution in [0.1, 0.15) is 25.1 Å². The van der Waals surface area contributed by atoms with Gasteiger partial charge in [0.05, 0.1) is 18.1 Å². The lowest BCUT2D eigenvalue weighted by Crippen LogP contribution is -2.56. The van der Waals surface area contributed by atoms with Crippen molar-refractivity contribution < 1.29 is 19.5 Å². The van der Waals surface area contributed by atoms with Gasteiger partial charge in [-0.3, -0.25) is 9.59 Å². The van der Waals surface area contributed by atoms with Gasteiger partial charge in [0, 0.05) is 36.1 Å². The maximum absolute atomic E-state index is 13.0. The van der Waals surface area contributed by atoms with Crippen LogP contribution in [0.3, 0.4) is 0 Å². The van der Waals surface area contributed by atoms with Crippen molar-refractivity contribution in [2.45, 2.75) is 44.8 Å². The largest absolute Gasteiger partial charge is 0.480 e. The third kappa shape index (κ3) is 5.52. The fraction of sp³-hybridized carbons (Fsp3) is 0.364. The minimum atomic E-state index is -1.14. The minimum absolute atomic E-state index is 0.168. The molecule has 32 heavy (non-hydrogen) atoms. The van der Waals surface area contributed by atoms with Gasteiger partial charge in [0.2, 0.25) is 11.8 Å². The summed E-state index contributed by atoms with van der Waals surface area (Å²) in [5.74, 6) is -2.58. The Morgan fingerprint density at radius 2 is 1.84 bits per heavy atom. The summed E-state index contributed by atoms with van der Waals surface area (Å²) in [7, 11) is 0. The number of aliphatic carboxylic acids is 1. The highest BCUT2D eigenvalue weighted by atomic mass is 16.4. The van der Waals surface area contributed by atoms with Crippen LogP contribution >= 0.6 is 0 Å². The minimum Gasteiger partial charge on any atom is -0.480 e. The van der Waals surface area contributed by atoms with Gasteiger partial charge in [-0.15, -0.1) is 0 Å². The van der Waals surface area contributed by atoms with Crippen molar-refractivity contribution in [2.75, 3.05) is 0 Å². The topological polar surface area (TPSA) is 166 Å². The summed E-state index contributed by atoms with van der Waals surface area (Å²) < 4.78 is 0. The molecule has 0 aliphatic rings. The number of carboxylic acids is 1. The van der Waals surface area contributed by atoms with Gasteiger partial charge < -0.3 is 31.4 Å². The van der Waals surface area contributed by atoms with Crippen LogP contribution in [0.5, 0.6) is 0 Å². The first kappa shape index (κ1) is 23.0. The fourth-order valence-electron chi connectivity index (χ4n) is 3.50. The number of imidazole rings is 1. The summed E-state index contributed by atoms with van der Waals surface area (Å²) >= 11 is 0. The second-order valence-electron chi connectivity index (χ2n) is 8.06. The molecular formula is C22H28N6O4. The summed E-state index contributed by atoms with van der Waals surface area (Å²) in [5, 5.41) is 15.6. The molecule has 10 heteroatoms. The van der Waals surface area contributed by atoms with Crippen molar-refractivity contribution >= 4 is 28.7 Å². The van der Waals surface area contributed by atoms with Gasteiger partial charge in [0.25, 0.3) is 0 Å². The number of hydrogen-bond acceptors (Lipinski definition) is 5. The highest BCUT2D eigenvalue weighted by Crippen LogP contribution is 2.19. The SMILES string of the molecule is CC(C)[C@H](NC(=O)[C@H](Cc1c[nH]c2ccccc12)NC(=O)[C@@H](N)Cc1c[nH]cn1)C(=O)O. The first-order chi connectivity index (χ1) is 15.3. The molecule has 0 fully saturated rings. The normalized spacial score (nSPS) is 14.1. The Bertz CT molecular complexity index is 1080. The number of hydrogen-bond donors (Lipinski definition) is 6. The van der Waals surface area contributed by atoms with Crippen molar-refractivity contribution in [1.82, 2.24) is 25.6 Å². The number of rotatable bonds is 10. The molecule has 0 aliphatic carbocycles. The van der Waals surface area contributed by atoms with E-state index in [1.165, 1.54) is 6.33 Å². The smallest absolute Gasteiger partial charge is 0.326 e. The number of benzene rings is 1. The van der Waals surface area contributed by atoms with Crippen molar-refractivity contribution in [2.24, 2.45) is 11.7 Å². The summed E-state index contributed by atoms with van der Waals surface area (Å²) in [6.07, 6.45) is 5.27. The number of para-hydroxylation sites is 1. The van der Waals surface area contributed by atoms with E-state index in [1.807, 2.05) is 24.3 Å². The molecule has 3 aromatic rings. The molecule has 10 nitrogen and oxygen atoms in total. The molecule has 2 heterocycles. The van der Waals surface area contributed by atoms with Crippen LogP contribution in [0, 0.1) is 5.92 Å². The highest BCUT2D eigenvalue weighted by molar-refractivity contribution is 5.93. The van der Waals surface area contributed by atoms with E-state index in [0.29, 0.717) is 5.69 Å². The van der Waals surface area contributed by atoms with Crippen molar-refractivity contribution in [3.05, 3.63) is 54.2 Å². The van der Waals surface area contributed by atoms with Crippen LogP contribution in [0.2, 0.25) is 0 Å². The molecule has 170 valence electrons. The number of aromatic amines is 2. The predicted octanol–water partition coefficient (Wildman–Crippen LogP) is 0.714. The number of fused-ring (bicyclic) bond motifs is 1. The zero-order chi connectivity index (χ0) is 23.3. The number of H-pyrrole nitrogens is 2. The molecule has 2 amide bonds. The lowest BCUT2D eigenvalue weighted by molar-refractivity contribution is -0.143. The van der Waals surface area contributed by atoms with Crippen molar-refractivity contribution in [3.63, 3.8) is 0 Å². The summed E-state index contributed by atoms with van der Waals surface area (Å²) in [5.41, 5.74) is 8.36. The Hall–Kier alpha value is -3.66. The molecule has 0 saturated heterocycles. The van der Waals surface area contributed by atoms with Crippen LogP contribution in [0.25, 0.3) is 10.9 Å². The molecular weight excluding hydrogens is 412 g/mol. The molecule has 0 aliphatic heterocycles. The lowest BCUT2D eigenvalue weighted by Gasteiger charge is -2.24. The second-order valence-corrected chi connectivity index (χ2v) is 8.06. The molecule has 0 spiro atoms. The van der Waals surface area contributed by atoms with E-state index in [2.05, 4.69) is 25.6 Å². The summed E-state index contributed by atoms with van der Waals surface area (Å²) in [4.78, 5) is 47.4. The number of amides is 2. The van der Waals surface area contributed by atoms with Crippen LogP contribution in [0.15, 0.2) is 43.0 Å². The molecule has 0 unspecified atom stereocenters. The summed E-state index contributed by atoms with van der Waals surface area (Å²) in [6.45, 7) is 3.40. The number of carboxylic acid groups (broad SMARTS) is 1. The van der Waals surface area contributed by atoms with Crippen LogP contribution < -0.4 is 16.4 Å². The van der Waals surface area contributed by atoms with Crippen LogP contribution in [0.4, 0.5) is 0 Å². The average molecular weight is 441 g/mol. The van der Waals surface area contributed by atoms with Crippen molar-refractivity contribution in [1.29, 1.82) is 0 Å². The molecule has 3 atom stereocenters. The molecule has 0 bridgehead atoms. The number of aromatic nitrogens is 3. The van der Waals surface area contributed by atoms with Gasteiger partial charge in [-0.05, 0) is 17.5 Å². The second kappa shape index (κ2) is 10.1. The Kier molecular flexibility index (Phi) is 7.26. The molecule has 7 N–H and O–H groups in total. The summed E-state index contributed by atoms with van der Waals surface area (Å²) in [6, 6.07) is 4.59. The maximum atomic E-state index is 13.0. The zero-order valence-electron chi connectivity index (χ0n) is 18.0. The molecule has 0 saturated carbocycles. The Labute approximate surface area is 185 Å². The first-order valence-electron chi connectivity index (χ1n) is 10.4. The monoisotopic (exact) mass is 440 g/mol. The number of carbonyl (C=O) groups excluding carboxylic acids is 2. The Morgan fingerprint density at radius 1 is 1.09 bits per heavy atom. The molecule has 2 aromatic heterocycles. The number of nitrogens with zero attached hydrogens (tertiary/aromatic N) is 1. The third-order valence-electron chi connectivity index (χ3n) is 5.28. The Balaban J connectivity index is 1.80. The molecule has 0 radical (unpaired) electrons. The highest BCUT2D eigenvalue weighted by Gasteiger charge is 2.30. The quantitative estimate of drug-likeness (QED) is 0.272. The first-order valence-corrected chi connectivity index (χ1v) is 10.4. The van der Waals surface area contributed by atoms with E-state index in [-0.39, 0.29) is 18.8 Å². The number of nitrogens with one attached hydrogen (secondary N) is 4. The van der Waals surface area contributed by atoms with Crippen LogP contribution in [-0.4, -0.2) is 56.0 Å². The van der Waals surface area contributed by atoms with E-state index in [4.69, 9.17) is 5.73 Å².